The molecule has 0 saturated carbocycles. The van der Waals surface area contributed by atoms with Crippen LogP contribution >= 0.6 is 0 Å². The Bertz CT molecular complexity index is 1000. The lowest BCUT2D eigenvalue weighted by atomic mass is 9.86. The van der Waals surface area contributed by atoms with Gasteiger partial charge in [0.1, 0.15) is 0 Å². The first-order valence-corrected chi connectivity index (χ1v) is 9.03. The number of rotatable bonds is 2. The van der Waals surface area contributed by atoms with Gasteiger partial charge in [-0.3, -0.25) is 0 Å². The molecule has 0 bridgehead atoms. The quantitative estimate of drug-likeness (QED) is 0.485. The molecule has 0 aliphatic heterocycles. The highest BCUT2D eigenvalue weighted by molar-refractivity contribution is 5.87. The maximum absolute atomic E-state index is 2.32. The van der Waals surface area contributed by atoms with Crippen molar-refractivity contribution >= 4 is 6.08 Å². The first kappa shape index (κ1) is 15.9. The SMILES string of the molecule is Cc1cccc(-c2ccc(-c3cccc(C)c3C)c3c2C=CC3)c1C. The number of benzene rings is 3. The molecule has 0 nitrogen and oxygen atoms in total. The average Bonchev–Trinajstić information content (AvgIpc) is 3.09. The summed E-state index contributed by atoms with van der Waals surface area (Å²) >= 11 is 0. The minimum Gasteiger partial charge on any atom is -0.0795 e. The lowest BCUT2D eigenvalue weighted by Crippen LogP contribution is -1.96. The summed E-state index contributed by atoms with van der Waals surface area (Å²) in [7, 11) is 0. The Kier molecular flexibility index (Phi) is 3.84. The fourth-order valence-electron chi connectivity index (χ4n) is 3.94. The summed E-state index contributed by atoms with van der Waals surface area (Å²) in [6.45, 7) is 8.85. The van der Waals surface area contributed by atoms with Crippen molar-refractivity contribution < 1.29 is 0 Å². The van der Waals surface area contributed by atoms with Gasteiger partial charge in [-0.1, -0.05) is 60.7 Å². The van der Waals surface area contributed by atoms with Crippen LogP contribution in [-0.2, 0) is 6.42 Å². The normalized spacial score (nSPS) is 12.5. The zero-order valence-corrected chi connectivity index (χ0v) is 15.5. The molecule has 0 amide bonds. The molecule has 0 radical (unpaired) electrons. The van der Waals surface area contributed by atoms with Crippen LogP contribution < -0.4 is 0 Å². The molecule has 124 valence electrons. The topological polar surface area (TPSA) is 0 Å². The predicted octanol–water partition coefficient (Wildman–Crippen LogP) is 6.82. The van der Waals surface area contributed by atoms with Crippen LogP contribution in [0.25, 0.3) is 28.3 Å². The molecule has 1 aliphatic carbocycles. The molecule has 25 heavy (non-hydrogen) atoms. The lowest BCUT2D eigenvalue weighted by Gasteiger charge is -2.17. The maximum Gasteiger partial charge on any atom is -0.00818 e. The number of hydrogen-bond acceptors (Lipinski definition) is 0. The Hall–Kier alpha value is -2.60. The van der Waals surface area contributed by atoms with Crippen molar-refractivity contribution in [3.05, 3.63) is 88.0 Å². The van der Waals surface area contributed by atoms with Crippen LogP contribution in [0.4, 0.5) is 0 Å². The van der Waals surface area contributed by atoms with E-state index in [0.29, 0.717) is 0 Å². The first-order valence-electron chi connectivity index (χ1n) is 9.03. The summed E-state index contributed by atoms with van der Waals surface area (Å²) in [5.41, 5.74) is 13.8. The summed E-state index contributed by atoms with van der Waals surface area (Å²) in [6, 6.07) is 17.9. The van der Waals surface area contributed by atoms with Crippen LogP contribution in [-0.4, -0.2) is 0 Å². The highest BCUT2D eigenvalue weighted by Crippen LogP contribution is 2.40. The van der Waals surface area contributed by atoms with Crippen molar-refractivity contribution in [1.29, 1.82) is 0 Å². The molecular weight excluding hydrogens is 300 g/mol. The summed E-state index contributed by atoms with van der Waals surface area (Å²) < 4.78 is 0. The molecule has 0 saturated heterocycles. The van der Waals surface area contributed by atoms with Gasteiger partial charge in [0.15, 0.2) is 0 Å². The summed E-state index contributed by atoms with van der Waals surface area (Å²) in [5.74, 6) is 0. The molecule has 0 fully saturated rings. The predicted molar refractivity (Wildman–Crippen MR) is 109 cm³/mol. The molecule has 4 rings (SSSR count). The van der Waals surface area contributed by atoms with E-state index < -0.39 is 0 Å². The van der Waals surface area contributed by atoms with Crippen molar-refractivity contribution in [2.45, 2.75) is 34.1 Å². The third-order valence-electron chi connectivity index (χ3n) is 5.75. The Labute approximate surface area is 150 Å². The number of aryl methyl sites for hydroxylation is 2. The summed E-state index contributed by atoms with van der Waals surface area (Å²) in [4.78, 5) is 0. The minimum atomic E-state index is 1.02. The number of fused-ring (bicyclic) bond motifs is 1. The molecular formula is C25H24. The van der Waals surface area contributed by atoms with Crippen molar-refractivity contribution in [1.82, 2.24) is 0 Å². The molecule has 3 aromatic carbocycles. The van der Waals surface area contributed by atoms with Gasteiger partial charge < -0.3 is 0 Å². The van der Waals surface area contributed by atoms with Gasteiger partial charge in [0.25, 0.3) is 0 Å². The van der Waals surface area contributed by atoms with Crippen LogP contribution in [0, 0.1) is 27.7 Å². The minimum absolute atomic E-state index is 1.02. The number of hydrogen-bond donors (Lipinski definition) is 0. The second-order valence-electron chi connectivity index (χ2n) is 7.15. The van der Waals surface area contributed by atoms with Crippen LogP contribution in [0.15, 0.2) is 54.6 Å². The Morgan fingerprint density at radius 3 is 1.80 bits per heavy atom. The summed E-state index contributed by atoms with van der Waals surface area (Å²) in [6.07, 6.45) is 5.63. The van der Waals surface area contributed by atoms with Gasteiger partial charge >= 0.3 is 0 Å². The van der Waals surface area contributed by atoms with E-state index in [2.05, 4.69) is 88.4 Å². The second kappa shape index (κ2) is 6.04. The van der Waals surface area contributed by atoms with Crippen LogP contribution in [0.5, 0.6) is 0 Å². The van der Waals surface area contributed by atoms with E-state index in [0.717, 1.165) is 6.42 Å². The molecule has 0 heterocycles. The van der Waals surface area contributed by atoms with Crippen LogP contribution in [0.3, 0.4) is 0 Å². The molecule has 0 atom stereocenters. The van der Waals surface area contributed by atoms with E-state index >= 15 is 0 Å². The van der Waals surface area contributed by atoms with Crippen molar-refractivity contribution in [2.24, 2.45) is 0 Å². The monoisotopic (exact) mass is 324 g/mol. The molecule has 0 unspecified atom stereocenters. The van der Waals surface area contributed by atoms with Crippen molar-refractivity contribution in [2.75, 3.05) is 0 Å². The van der Waals surface area contributed by atoms with Gasteiger partial charge in [-0.05, 0) is 89.8 Å². The van der Waals surface area contributed by atoms with Crippen molar-refractivity contribution in [3.63, 3.8) is 0 Å². The zero-order valence-electron chi connectivity index (χ0n) is 15.5. The third kappa shape index (κ3) is 2.53. The molecule has 0 spiro atoms. The molecule has 0 aromatic heterocycles. The van der Waals surface area contributed by atoms with E-state index in [9.17, 15) is 0 Å². The van der Waals surface area contributed by atoms with Crippen molar-refractivity contribution in [3.8, 4) is 22.3 Å². The fraction of sp³-hybridized carbons (Fsp3) is 0.200. The van der Waals surface area contributed by atoms with Crippen LogP contribution in [0.2, 0.25) is 0 Å². The Morgan fingerprint density at radius 1 is 0.600 bits per heavy atom. The van der Waals surface area contributed by atoms with Gasteiger partial charge in [0.2, 0.25) is 0 Å². The first-order chi connectivity index (χ1) is 12.1. The standard InChI is InChI=1S/C25H24/c1-16-8-5-10-20(18(16)3)24-14-15-25(23-13-7-12-22(23)24)21-11-6-9-17(2)19(21)4/h5-12,14-15H,13H2,1-4H3. The Balaban J connectivity index is 1.95. The van der Waals surface area contributed by atoms with Gasteiger partial charge in [0, 0.05) is 0 Å². The Morgan fingerprint density at radius 2 is 1.16 bits per heavy atom. The van der Waals surface area contributed by atoms with E-state index in [1.807, 2.05) is 0 Å². The number of allylic oxidation sites excluding steroid dienone is 1. The van der Waals surface area contributed by atoms with E-state index in [-0.39, 0.29) is 0 Å². The van der Waals surface area contributed by atoms with Crippen LogP contribution in [0.1, 0.15) is 33.4 Å². The van der Waals surface area contributed by atoms with Gasteiger partial charge in [-0.2, -0.15) is 0 Å². The van der Waals surface area contributed by atoms with Gasteiger partial charge in [-0.15, -0.1) is 0 Å². The average molecular weight is 324 g/mol. The second-order valence-corrected chi connectivity index (χ2v) is 7.15. The van der Waals surface area contributed by atoms with Gasteiger partial charge in [-0.25, -0.2) is 0 Å². The molecule has 3 aromatic rings. The summed E-state index contributed by atoms with van der Waals surface area (Å²) in [5, 5.41) is 0. The zero-order chi connectivity index (χ0) is 17.6. The highest BCUT2D eigenvalue weighted by Gasteiger charge is 2.18. The lowest BCUT2D eigenvalue weighted by molar-refractivity contribution is 1.28. The molecule has 0 heteroatoms. The highest BCUT2D eigenvalue weighted by atomic mass is 14.2. The largest absolute Gasteiger partial charge is 0.0795 e. The molecule has 1 aliphatic rings. The molecule has 0 N–H and O–H groups in total. The fourth-order valence-corrected chi connectivity index (χ4v) is 3.94. The van der Waals surface area contributed by atoms with E-state index in [1.165, 1.54) is 55.6 Å². The third-order valence-corrected chi connectivity index (χ3v) is 5.75. The smallest absolute Gasteiger partial charge is 0.00818 e. The maximum atomic E-state index is 2.32. The van der Waals surface area contributed by atoms with E-state index in [4.69, 9.17) is 0 Å². The van der Waals surface area contributed by atoms with E-state index in [1.54, 1.807) is 0 Å². The van der Waals surface area contributed by atoms with Gasteiger partial charge in [0.05, 0.1) is 0 Å².